The molecule has 4 nitrogen and oxygen atoms in total. The van der Waals surface area contributed by atoms with E-state index in [4.69, 9.17) is 9.84 Å². The first kappa shape index (κ1) is 18.2. The zero-order chi connectivity index (χ0) is 16.8. The second-order valence-electron chi connectivity index (χ2n) is 4.44. The van der Waals surface area contributed by atoms with Crippen LogP contribution in [0.3, 0.4) is 0 Å². The van der Waals surface area contributed by atoms with Gasteiger partial charge < -0.3 is 14.6 Å². The summed E-state index contributed by atoms with van der Waals surface area (Å²) in [7, 11) is 0. The Kier molecular flexibility index (Phi) is 6.61. The normalized spacial score (nSPS) is 13.0. The summed E-state index contributed by atoms with van der Waals surface area (Å²) in [5.74, 6) is -3.03. The molecule has 0 aliphatic heterocycles. The molecule has 0 aromatic heterocycles. The Morgan fingerprint density at radius 3 is 2.59 bits per heavy atom. The number of alkyl halides is 3. The molecule has 0 saturated heterocycles. The summed E-state index contributed by atoms with van der Waals surface area (Å²) < 4.78 is 61.2. The number of hydrogen-bond donors (Lipinski definition) is 1. The van der Waals surface area contributed by atoms with Gasteiger partial charge in [0.2, 0.25) is 0 Å². The fourth-order valence-corrected chi connectivity index (χ4v) is 1.67. The Balaban J connectivity index is 2.74. The molecule has 0 bridgehead atoms. The number of phenols is 1. The van der Waals surface area contributed by atoms with Gasteiger partial charge in [-0.2, -0.15) is 13.2 Å². The number of hydrogen-bond acceptors (Lipinski definition) is 4. The smallest absolute Gasteiger partial charge is 0.425 e. The minimum absolute atomic E-state index is 0.0450. The third-order valence-corrected chi connectivity index (χ3v) is 2.75. The lowest BCUT2D eigenvalue weighted by atomic mass is 10.1. The van der Waals surface area contributed by atoms with E-state index in [0.717, 1.165) is 12.1 Å². The van der Waals surface area contributed by atoms with Crippen LogP contribution in [0.1, 0.15) is 30.1 Å². The van der Waals surface area contributed by atoms with Gasteiger partial charge in [0, 0.05) is 19.3 Å². The van der Waals surface area contributed by atoms with Gasteiger partial charge in [-0.05, 0) is 31.9 Å². The molecule has 0 radical (unpaired) electrons. The number of aromatic hydroxyl groups is 1. The highest BCUT2D eigenvalue weighted by Crippen LogP contribution is 2.28. The molecule has 124 valence electrons. The highest BCUT2D eigenvalue weighted by Gasteiger charge is 2.42. The van der Waals surface area contributed by atoms with Crippen molar-refractivity contribution in [2.45, 2.75) is 32.0 Å². The molecular weight excluding hydrogens is 308 g/mol. The second kappa shape index (κ2) is 7.98. The van der Waals surface area contributed by atoms with E-state index in [9.17, 15) is 22.4 Å². The maximum Gasteiger partial charge on any atom is 0.425 e. The van der Waals surface area contributed by atoms with E-state index in [1.807, 2.05) is 0 Å². The van der Waals surface area contributed by atoms with Gasteiger partial charge in [0.25, 0.3) is 0 Å². The zero-order valence-electron chi connectivity index (χ0n) is 11.8. The van der Waals surface area contributed by atoms with Crippen molar-refractivity contribution in [3.05, 3.63) is 29.6 Å². The van der Waals surface area contributed by atoms with E-state index in [1.54, 1.807) is 6.92 Å². The maximum absolute atomic E-state index is 13.4. The van der Waals surface area contributed by atoms with Crippen molar-refractivity contribution < 1.29 is 36.9 Å². The van der Waals surface area contributed by atoms with Crippen molar-refractivity contribution in [3.63, 3.8) is 0 Å². The van der Waals surface area contributed by atoms with Gasteiger partial charge in [-0.15, -0.1) is 0 Å². The van der Waals surface area contributed by atoms with Gasteiger partial charge in [-0.25, -0.2) is 9.18 Å². The Labute approximate surface area is 124 Å². The molecule has 0 fully saturated rings. The Hall–Kier alpha value is -1.83. The van der Waals surface area contributed by atoms with E-state index in [-0.39, 0.29) is 13.0 Å². The van der Waals surface area contributed by atoms with E-state index < -0.39 is 41.8 Å². The molecule has 22 heavy (non-hydrogen) atoms. The molecule has 8 heteroatoms. The average molecular weight is 324 g/mol. The molecule has 1 aromatic carbocycles. The van der Waals surface area contributed by atoms with Crippen molar-refractivity contribution in [1.82, 2.24) is 0 Å². The van der Waals surface area contributed by atoms with Gasteiger partial charge in [0.15, 0.2) is 6.10 Å². The number of rotatable bonds is 7. The van der Waals surface area contributed by atoms with E-state index in [1.165, 1.54) is 0 Å². The highest BCUT2D eigenvalue weighted by atomic mass is 19.4. The van der Waals surface area contributed by atoms with Crippen molar-refractivity contribution in [1.29, 1.82) is 0 Å². The van der Waals surface area contributed by atoms with Crippen LogP contribution in [0, 0.1) is 5.82 Å². The van der Waals surface area contributed by atoms with E-state index in [2.05, 4.69) is 4.74 Å². The fourth-order valence-electron chi connectivity index (χ4n) is 1.67. The number of carbonyl (C=O) groups excluding carboxylic acids is 1. The predicted molar refractivity (Wildman–Crippen MR) is 69.1 cm³/mol. The van der Waals surface area contributed by atoms with Gasteiger partial charge in [-0.1, -0.05) is 0 Å². The van der Waals surface area contributed by atoms with E-state index in [0.29, 0.717) is 12.7 Å². The molecular formula is C14H16F4O4. The minimum atomic E-state index is -4.75. The molecule has 1 rings (SSSR count). The van der Waals surface area contributed by atoms with Gasteiger partial charge in [0.1, 0.15) is 11.6 Å². The van der Waals surface area contributed by atoms with Crippen molar-refractivity contribution in [3.8, 4) is 5.75 Å². The monoisotopic (exact) mass is 324 g/mol. The van der Waals surface area contributed by atoms with Crippen LogP contribution < -0.4 is 0 Å². The lowest BCUT2D eigenvalue weighted by Gasteiger charge is -2.20. The quantitative estimate of drug-likeness (QED) is 0.474. The number of ether oxygens (including phenoxy) is 2. The molecule has 0 aliphatic carbocycles. The molecule has 0 amide bonds. The van der Waals surface area contributed by atoms with Crippen LogP contribution in [0.15, 0.2) is 18.2 Å². The molecule has 1 unspecified atom stereocenters. The van der Waals surface area contributed by atoms with Crippen molar-refractivity contribution >= 4 is 5.97 Å². The van der Waals surface area contributed by atoms with Crippen molar-refractivity contribution in [2.24, 2.45) is 0 Å². The summed E-state index contributed by atoms with van der Waals surface area (Å²) >= 11 is 0. The summed E-state index contributed by atoms with van der Waals surface area (Å²) in [6.45, 7) is 2.18. The summed E-state index contributed by atoms with van der Waals surface area (Å²) in [5, 5.41) is 9.01. The van der Waals surface area contributed by atoms with Crippen LogP contribution in [0.5, 0.6) is 5.75 Å². The Morgan fingerprint density at radius 1 is 1.36 bits per heavy atom. The van der Waals surface area contributed by atoms with E-state index >= 15 is 0 Å². The summed E-state index contributed by atoms with van der Waals surface area (Å²) in [4.78, 5) is 11.6. The minimum Gasteiger partial charge on any atom is -0.508 e. The van der Waals surface area contributed by atoms with Crippen LogP contribution in [-0.4, -0.2) is 36.6 Å². The fraction of sp³-hybridized carbons (Fsp3) is 0.500. The first-order valence-electron chi connectivity index (χ1n) is 6.59. The Morgan fingerprint density at radius 2 is 2.05 bits per heavy atom. The molecule has 1 N–H and O–H groups in total. The number of carbonyl (C=O) groups is 1. The third kappa shape index (κ3) is 5.51. The lowest BCUT2D eigenvalue weighted by Crippen LogP contribution is -2.34. The topological polar surface area (TPSA) is 55.8 Å². The van der Waals surface area contributed by atoms with Crippen LogP contribution in [0.4, 0.5) is 17.6 Å². The predicted octanol–water partition coefficient (Wildman–Crippen LogP) is 3.44. The van der Waals surface area contributed by atoms with Crippen LogP contribution in [-0.2, 0) is 9.47 Å². The number of esters is 1. The Bertz CT molecular complexity index is 502. The molecule has 0 heterocycles. The average Bonchev–Trinajstić information content (AvgIpc) is 2.40. The first-order chi connectivity index (χ1) is 10.3. The van der Waals surface area contributed by atoms with Crippen molar-refractivity contribution in [2.75, 3.05) is 13.2 Å². The van der Waals surface area contributed by atoms with Gasteiger partial charge >= 0.3 is 12.1 Å². The molecule has 1 aromatic rings. The number of phenolic OH excluding ortho intramolecular Hbond substituents is 1. The maximum atomic E-state index is 13.4. The number of halogens is 4. The standard InChI is InChI=1S/C14H16F4O4/c1-2-21-7-3-4-12(14(16,17)18)22-13(20)10-6-5-9(19)8-11(10)15/h5-6,8,12,19H,2-4,7H2,1H3. The van der Waals surface area contributed by atoms with Crippen LogP contribution >= 0.6 is 0 Å². The third-order valence-electron chi connectivity index (χ3n) is 2.75. The first-order valence-corrected chi connectivity index (χ1v) is 6.59. The molecule has 1 atom stereocenters. The SMILES string of the molecule is CCOCCCC(OC(=O)c1ccc(O)cc1F)C(F)(F)F. The summed E-state index contributed by atoms with van der Waals surface area (Å²) in [5.41, 5.74) is -0.670. The van der Waals surface area contributed by atoms with Crippen LogP contribution in [0.2, 0.25) is 0 Å². The number of benzene rings is 1. The van der Waals surface area contributed by atoms with Gasteiger partial charge in [-0.3, -0.25) is 0 Å². The lowest BCUT2D eigenvalue weighted by molar-refractivity contribution is -0.206. The molecule has 0 aliphatic rings. The molecule has 0 spiro atoms. The second-order valence-corrected chi connectivity index (χ2v) is 4.44. The summed E-state index contributed by atoms with van der Waals surface area (Å²) in [6.07, 6.45) is -7.53. The molecule has 0 saturated carbocycles. The summed E-state index contributed by atoms with van der Waals surface area (Å²) in [6, 6.07) is 2.46. The largest absolute Gasteiger partial charge is 0.508 e. The van der Waals surface area contributed by atoms with Crippen LogP contribution in [0.25, 0.3) is 0 Å². The van der Waals surface area contributed by atoms with Gasteiger partial charge in [0.05, 0.1) is 5.56 Å². The highest BCUT2D eigenvalue weighted by molar-refractivity contribution is 5.90. The zero-order valence-corrected chi connectivity index (χ0v) is 11.8.